The summed E-state index contributed by atoms with van der Waals surface area (Å²) in [4.78, 5) is 42.2. The molecule has 0 amide bonds. The van der Waals surface area contributed by atoms with Crippen molar-refractivity contribution in [3.8, 4) is 0 Å². The second-order valence-corrected chi connectivity index (χ2v) is 18.9. The predicted molar refractivity (Wildman–Crippen MR) is 267 cm³/mol. The molecule has 9 rings (SSSR count). The van der Waals surface area contributed by atoms with Gasteiger partial charge in [-0.3, -0.25) is 14.6 Å². The van der Waals surface area contributed by atoms with E-state index in [0.29, 0.717) is 41.1 Å². The number of nitrogens with two attached hydrogens (primary N) is 1. The topological polar surface area (TPSA) is 125 Å². The van der Waals surface area contributed by atoms with Gasteiger partial charge in [-0.2, -0.15) is 0 Å². The molecule has 0 aliphatic carbocycles. The zero-order chi connectivity index (χ0) is 48.6. The minimum Gasteiger partial charge on any atom is -0.394 e. The van der Waals surface area contributed by atoms with Crippen LogP contribution < -0.4 is 20.9 Å². The zero-order valence-electron chi connectivity index (χ0n) is 40.6. The first-order valence-corrected chi connectivity index (χ1v) is 24.4. The molecule has 4 fully saturated rings. The largest absolute Gasteiger partial charge is 0.394 e. The Morgan fingerprint density at radius 2 is 1.06 bits per heavy atom. The van der Waals surface area contributed by atoms with E-state index in [1.165, 1.54) is 12.1 Å². The van der Waals surface area contributed by atoms with Crippen LogP contribution in [0.15, 0.2) is 24.3 Å². The quantitative estimate of drug-likeness (QED) is 0.135. The number of imidazole rings is 1. The summed E-state index contributed by atoms with van der Waals surface area (Å²) in [6.07, 6.45) is 1.17. The van der Waals surface area contributed by atoms with E-state index in [9.17, 15) is 18.0 Å². The minimum atomic E-state index is -0.642. The summed E-state index contributed by atoms with van der Waals surface area (Å²) in [6, 6.07) is 4.48. The highest BCUT2D eigenvalue weighted by Gasteiger charge is 2.27. The van der Waals surface area contributed by atoms with Crippen molar-refractivity contribution < 1.29 is 22.4 Å². The summed E-state index contributed by atoms with van der Waals surface area (Å²) in [5, 5.41) is 3.70. The lowest BCUT2D eigenvalue weighted by atomic mass is 10.1. The molecule has 3 aromatic heterocycles. The average molecular weight is 970 g/mol. The number of aryl methyl sites for hydroxylation is 1. The fourth-order valence-corrected chi connectivity index (χ4v) is 9.19. The Bertz CT molecular complexity index is 2500. The molecule has 0 spiro atoms. The first kappa shape index (κ1) is 51.2. The number of nitrogen functional groups attached to an aromatic ring is 1. The summed E-state index contributed by atoms with van der Waals surface area (Å²) in [6.45, 7) is 21.9. The molecule has 0 bridgehead atoms. The Labute approximate surface area is 402 Å². The Morgan fingerprint density at radius 1 is 0.618 bits per heavy atom. The molecular weight excluding hydrogens is 900 g/mol. The summed E-state index contributed by atoms with van der Waals surface area (Å²) in [5.74, 6) is -0.189. The van der Waals surface area contributed by atoms with Crippen LogP contribution in [0.1, 0.15) is 26.1 Å². The highest BCUT2D eigenvalue weighted by atomic mass is 35.5. The maximum atomic E-state index is 15.2. The van der Waals surface area contributed by atoms with Gasteiger partial charge in [0.25, 0.3) is 0 Å². The van der Waals surface area contributed by atoms with Crippen LogP contribution in [-0.4, -0.2) is 207 Å². The number of hydrogen-bond acceptors (Lipinski definition) is 14. The minimum absolute atomic E-state index is 0.255. The molecule has 0 unspecified atom stereocenters. The summed E-state index contributed by atoms with van der Waals surface area (Å²) in [7, 11) is 8.45. The van der Waals surface area contributed by atoms with E-state index < -0.39 is 23.3 Å². The van der Waals surface area contributed by atoms with E-state index in [0.717, 1.165) is 166 Å². The van der Waals surface area contributed by atoms with Crippen LogP contribution in [0.2, 0.25) is 0 Å². The molecule has 7 heterocycles. The number of piperazine rings is 4. The van der Waals surface area contributed by atoms with Gasteiger partial charge in [-0.05, 0) is 39.8 Å². The average Bonchev–Trinajstić information content (AvgIpc) is 3.69. The molecule has 2 aromatic carbocycles. The summed E-state index contributed by atoms with van der Waals surface area (Å²) in [5.41, 5.74) is 9.56. The first-order valence-electron chi connectivity index (χ1n) is 24.0. The number of likely N-dealkylation sites (N-methyl/N-ethyl adjacent to an activating group) is 4. The van der Waals surface area contributed by atoms with Gasteiger partial charge in [-0.1, -0.05) is 13.8 Å². The molecule has 0 atom stereocenters. The van der Waals surface area contributed by atoms with Gasteiger partial charge in [0.2, 0.25) is 5.24 Å². The van der Waals surface area contributed by atoms with Gasteiger partial charge in [0, 0.05) is 168 Å². The molecule has 20 heteroatoms. The Balaban J connectivity index is 0.000000184. The van der Waals surface area contributed by atoms with E-state index in [4.69, 9.17) is 27.3 Å². The monoisotopic (exact) mass is 969 g/mol. The third-order valence-electron chi connectivity index (χ3n) is 13.5. The molecule has 5 aromatic rings. The fourth-order valence-electron chi connectivity index (χ4n) is 9.19. The molecule has 0 radical (unpaired) electrons. The lowest BCUT2D eigenvalue weighted by Crippen LogP contribution is -2.46. The number of anilines is 4. The number of rotatable bonds is 11. The zero-order valence-corrected chi connectivity index (χ0v) is 41.4. The number of nitrogens with one attached hydrogen (secondary N) is 1. The first-order chi connectivity index (χ1) is 32.6. The number of nitrogens with zero attached hydrogens (tertiary/aromatic N) is 12. The third kappa shape index (κ3) is 12.4. The maximum Gasteiger partial charge on any atom is 0.221 e. The maximum absolute atomic E-state index is 15.2. The van der Waals surface area contributed by atoms with E-state index >= 15 is 4.39 Å². The van der Waals surface area contributed by atoms with Crippen LogP contribution in [0.4, 0.5) is 40.6 Å². The standard InChI is InChI=1S/C24H33F2N7.C21H31F2N7.C3H5ClO/c1-4-20-28-22-23(33(20)14-11-31-9-5-29(2)6-10-31)21-18(26)15-17(25)16-19(21)27-24(22)32-12-7-30(3)8-13-32;1-27-5-9-29(10-6-27)4-3-25-20-18-16(23)13-15(22)14-17(18)26-21(19(20)24)30-11-7-28(2)8-12-30;1-2-3(4)5/h15-16H,4-14H2,1-3H3;13-14H,3-12,24H2,1-2H3,(H,25,26);2H2,1H3. The lowest BCUT2D eigenvalue weighted by Gasteiger charge is -2.34. The molecule has 372 valence electrons. The van der Waals surface area contributed by atoms with E-state index in [2.05, 4.69) is 89.2 Å². The number of fused-ring (bicyclic) bond motifs is 4. The lowest BCUT2D eigenvalue weighted by molar-refractivity contribution is -0.111. The molecule has 4 saturated heterocycles. The van der Waals surface area contributed by atoms with Gasteiger partial charge < -0.3 is 45.0 Å². The van der Waals surface area contributed by atoms with E-state index in [1.807, 2.05) is 0 Å². The van der Waals surface area contributed by atoms with Crippen molar-refractivity contribution in [1.29, 1.82) is 0 Å². The number of carbonyl (C=O) groups excluding carboxylic acids is 1. The van der Waals surface area contributed by atoms with Crippen molar-refractivity contribution >= 4 is 72.7 Å². The van der Waals surface area contributed by atoms with Crippen molar-refractivity contribution in [1.82, 2.24) is 48.9 Å². The van der Waals surface area contributed by atoms with Crippen LogP contribution >= 0.6 is 11.6 Å². The van der Waals surface area contributed by atoms with Gasteiger partial charge >= 0.3 is 0 Å². The van der Waals surface area contributed by atoms with Gasteiger partial charge in [0.15, 0.2) is 11.6 Å². The number of hydrogen-bond donors (Lipinski definition) is 2. The molecule has 4 aliphatic rings. The van der Waals surface area contributed by atoms with Crippen molar-refractivity contribution in [2.24, 2.45) is 0 Å². The van der Waals surface area contributed by atoms with E-state index in [1.54, 1.807) is 6.92 Å². The van der Waals surface area contributed by atoms with Crippen LogP contribution in [0.3, 0.4) is 0 Å². The molecule has 4 aliphatic heterocycles. The molecule has 3 N–H and O–H groups in total. The van der Waals surface area contributed by atoms with Crippen LogP contribution in [-0.2, 0) is 17.8 Å². The number of benzene rings is 2. The van der Waals surface area contributed by atoms with Crippen LogP contribution in [0.5, 0.6) is 0 Å². The second-order valence-electron chi connectivity index (χ2n) is 18.5. The number of halogens is 5. The SMILES string of the molecule is CCC(=O)Cl.CCc1nc2c(N3CCN(C)CC3)nc3cc(F)cc(F)c3c2n1CCN1CCN(C)CC1.CN1CCN(CCNc2c(N)c(N3CCN(C)CC3)nc3cc(F)cc(F)c23)CC1. The van der Waals surface area contributed by atoms with Crippen molar-refractivity contribution in [3.63, 3.8) is 0 Å². The van der Waals surface area contributed by atoms with Gasteiger partial charge in [-0.15, -0.1) is 0 Å². The molecule has 68 heavy (non-hydrogen) atoms. The van der Waals surface area contributed by atoms with Gasteiger partial charge in [0.05, 0.1) is 38.7 Å². The molecule has 15 nitrogen and oxygen atoms in total. The smallest absolute Gasteiger partial charge is 0.221 e. The van der Waals surface area contributed by atoms with Crippen LogP contribution in [0, 0.1) is 23.3 Å². The predicted octanol–water partition coefficient (Wildman–Crippen LogP) is 5.09. The molecule has 0 saturated carbocycles. The summed E-state index contributed by atoms with van der Waals surface area (Å²) < 4.78 is 60.2. The number of carbonyl (C=O) groups is 1. The van der Waals surface area contributed by atoms with E-state index in [-0.39, 0.29) is 16.1 Å². The van der Waals surface area contributed by atoms with Gasteiger partial charge in [-0.25, -0.2) is 32.5 Å². The van der Waals surface area contributed by atoms with Crippen molar-refractivity contribution in [2.45, 2.75) is 33.2 Å². The number of aromatic nitrogens is 4. The highest BCUT2D eigenvalue weighted by molar-refractivity contribution is 6.63. The van der Waals surface area contributed by atoms with Crippen molar-refractivity contribution in [3.05, 3.63) is 53.4 Å². The Kier molecular flexibility index (Phi) is 17.6. The Hall–Kier alpha value is -4.63. The third-order valence-corrected chi connectivity index (χ3v) is 13.8. The normalized spacial score (nSPS) is 18.5. The highest BCUT2D eigenvalue weighted by Crippen LogP contribution is 2.38. The fraction of sp³-hybridized carbons (Fsp3) is 0.583. The second kappa shape index (κ2) is 23.3. The summed E-state index contributed by atoms with van der Waals surface area (Å²) >= 11 is 4.82. The van der Waals surface area contributed by atoms with Gasteiger partial charge in [0.1, 0.15) is 34.6 Å². The Morgan fingerprint density at radius 3 is 1.56 bits per heavy atom. The van der Waals surface area contributed by atoms with Crippen LogP contribution in [0.25, 0.3) is 32.8 Å². The van der Waals surface area contributed by atoms with Crippen molar-refractivity contribution in [2.75, 3.05) is 173 Å². The number of pyridine rings is 2. The molecular formula is C48H69ClF4N14O.